The van der Waals surface area contributed by atoms with Crippen LogP contribution in [-0.2, 0) is 6.54 Å². The van der Waals surface area contributed by atoms with Gasteiger partial charge in [-0.05, 0) is 39.3 Å². The second-order valence-corrected chi connectivity index (χ2v) is 4.97. The van der Waals surface area contributed by atoms with Crippen LogP contribution in [0.1, 0.15) is 57.8 Å². The van der Waals surface area contributed by atoms with Gasteiger partial charge in [-0.2, -0.15) is 5.10 Å². The molecule has 0 spiro atoms. The van der Waals surface area contributed by atoms with E-state index in [1.807, 2.05) is 0 Å². The van der Waals surface area contributed by atoms with Crippen molar-refractivity contribution >= 4 is 0 Å². The monoisotopic (exact) mass is 236 g/mol. The molecule has 0 bridgehead atoms. The molecule has 1 saturated heterocycles. The maximum atomic E-state index is 4.45. The fourth-order valence-electron chi connectivity index (χ4n) is 2.55. The number of rotatable bonds is 5. The summed E-state index contributed by atoms with van der Waals surface area (Å²) in [5.74, 6) is 1.14. The van der Waals surface area contributed by atoms with Gasteiger partial charge in [-0.15, -0.1) is 0 Å². The first-order chi connectivity index (χ1) is 8.33. The van der Waals surface area contributed by atoms with Gasteiger partial charge < -0.3 is 0 Å². The summed E-state index contributed by atoms with van der Waals surface area (Å²) in [6, 6.07) is 0.412. The molecule has 1 aliphatic rings. The number of aryl methyl sites for hydroxylation is 1. The van der Waals surface area contributed by atoms with Gasteiger partial charge in [0.1, 0.15) is 12.2 Å². The van der Waals surface area contributed by atoms with E-state index in [1.165, 1.54) is 45.2 Å². The van der Waals surface area contributed by atoms with E-state index in [9.17, 15) is 0 Å². The quantitative estimate of drug-likeness (QED) is 0.788. The highest BCUT2D eigenvalue weighted by Crippen LogP contribution is 2.22. The highest BCUT2D eigenvalue weighted by Gasteiger charge is 2.21. The highest BCUT2D eigenvalue weighted by atomic mass is 15.4. The zero-order valence-corrected chi connectivity index (χ0v) is 11.1. The number of hydrogen-bond acceptors (Lipinski definition) is 3. The van der Waals surface area contributed by atoms with Crippen LogP contribution in [0, 0.1) is 0 Å². The first-order valence-corrected chi connectivity index (χ1v) is 6.94. The lowest BCUT2D eigenvalue weighted by molar-refractivity contribution is 0.164. The fraction of sp³-hybridized carbons (Fsp3) is 0.846. The van der Waals surface area contributed by atoms with Crippen LogP contribution < -0.4 is 0 Å². The predicted octanol–water partition coefficient (Wildman–Crippen LogP) is 2.63. The van der Waals surface area contributed by atoms with Crippen LogP contribution in [-0.4, -0.2) is 32.8 Å². The van der Waals surface area contributed by atoms with Gasteiger partial charge in [0.05, 0.1) is 6.04 Å². The number of aromatic nitrogens is 3. The minimum Gasteiger partial charge on any atom is -0.294 e. The largest absolute Gasteiger partial charge is 0.294 e. The summed E-state index contributed by atoms with van der Waals surface area (Å²) in [6.45, 7) is 7.90. The lowest BCUT2D eigenvalue weighted by Crippen LogP contribution is -2.33. The highest BCUT2D eigenvalue weighted by molar-refractivity contribution is 4.94. The minimum atomic E-state index is 0.412. The molecular weight excluding hydrogens is 212 g/mol. The maximum absolute atomic E-state index is 4.45. The minimum absolute atomic E-state index is 0.412. The summed E-state index contributed by atoms with van der Waals surface area (Å²) in [5.41, 5.74) is 0. The van der Waals surface area contributed by atoms with Crippen LogP contribution in [0.2, 0.25) is 0 Å². The van der Waals surface area contributed by atoms with Crippen molar-refractivity contribution in [3.63, 3.8) is 0 Å². The van der Waals surface area contributed by atoms with Crippen molar-refractivity contribution in [2.45, 2.75) is 58.5 Å². The van der Waals surface area contributed by atoms with E-state index in [0.717, 1.165) is 12.4 Å². The second-order valence-electron chi connectivity index (χ2n) is 4.97. The van der Waals surface area contributed by atoms with E-state index in [4.69, 9.17) is 0 Å². The van der Waals surface area contributed by atoms with Gasteiger partial charge in [0.2, 0.25) is 0 Å². The summed E-state index contributed by atoms with van der Waals surface area (Å²) in [4.78, 5) is 6.99. The summed E-state index contributed by atoms with van der Waals surface area (Å²) in [5, 5.41) is 4.35. The van der Waals surface area contributed by atoms with Gasteiger partial charge in [0.15, 0.2) is 0 Å². The molecule has 0 saturated carbocycles. The SMILES string of the molecule is CCCCn1ncnc1[C@@H](C)N1CCCCC1. The first-order valence-electron chi connectivity index (χ1n) is 6.94. The third kappa shape index (κ3) is 3.06. The van der Waals surface area contributed by atoms with Gasteiger partial charge in [-0.1, -0.05) is 19.8 Å². The Kier molecular flexibility index (Phi) is 4.54. The summed E-state index contributed by atoms with van der Waals surface area (Å²) in [7, 11) is 0. The standard InChI is InChI=1S/C13H24N4/c1-3-4-10-17-13(14-11-15-17)12(2)16-8-6-5-7-9-16/h11-12H,3-10H2,1-2H3/t12-/m1/s1. The Morgan fingerprint density at radius 2 is 2.06 bits per heavy atom. The summed E-state index contributed by atoms with van der Waals surface area (Å²) in [6.07, 6.45) is 8.12. The lowest BCUT2D eigenvalue weighted by Gasteiger charge is -2.31. The molecule has 0 N–H and O–H groups in total. The van der Waals surface area contributed by atoms with E-state index in [1.54, 1.807) is 6.33 Å². The summed E-state index contributed by atoms with van der Waals surface area (Å²) < 4.78 is 2.09. The molecule has 0 aliphatic carbocycles. The van der Waals surface area contributed by atoms with Crippen molar-refractivity contribution in [3.8, 4) is 0 Å². The Morgan fingerprint density at radius 1 is 1.29 bits per heavy atom. The number of unbranched alkanes of at least 4 members (excludes halogenated alkanes) is 1. The Hall–Kier alpha value is -0.900. The molecule has 1 aromatic rings. The normalized spacial score (nSPS) is 19.4. The van der Waals surface area contributed by atoms with E-state index >= 15 is 0 Å². The third-order valence-electron chi connectivity index (χ3n) is 3.68. The fourth-order valence-corrected chi connectivity index (χ4v) is 2.55. The first kappa shape index (κ1) is 12.6. The molecule has 1 aromatic heterocycles. The van der Waals surface area contributed by atoms with Crippen LogP contribution in [0.25, 0.3) is 0 Å². The number of hydrogen-bond donors (Lipinski definition) is 0. The number of nitrogens with zero attached hydrogens (tertiary/aromatic N) is 4. The molecule has 1 fully saturated rings. The molecule has 0 amide bonds. The molecule has 17 heavy (non-hydrogen) atoms. The predicted molar refractivity (Wildman–Crippen MR) is 68.8 cm³/mol. The van der Waals surface area contributed by atoms with Crippen LogP contribution in [0.3, 0.4) is 0 Å². The van der Waals surface area contributed by atoms with Gasteiger partial charge in [0.25, 0.3) is 0 Å². The van der Waals surface area contributed by atoms with Gasteiger partial charge in [-0.25, -0.2) is 9.67 Å². The second kappa shape index (κ2) is 6.15. The molecule has 1 atom stereocenters. The Morgan fingerprint density at radius 3 is 2.76 bits per heavy atom. The van der Waals surface area contributed by atoms with Crippen LogP contribution >= 0.6 is 0 Å². The topological polar surface area (TPSA) is 34.0 Å². The number of piperidine rings is 1. The molecule has 0 radical (unpaired) electrons. The molecule has 4 nitrogen and oxygen atoms in total. The van der Waals surface area contributed by atoms with Crippen molar-refractivity contribution in [3.05, 3.63) is 12.2 Å². The van der Waals surface area contributed by atoms with Gasteiger partial charge in [-0.3, -0.25) is 4.90 Å². The Labute approximate surface area is 104 Å². The molecule has 2 rings (SSSR count). The van der Waals surface area contributed by atoms with Gasteiger partial charge in [0, 0.05) is 6.54 Å². The van der Waals surface area contributed by atoms with Crippen LogP contribution in [0.5, 0.6) is 0 Å². The van der Waals surface area contributed by atoms with Crippen molar-refractivity contribution < 1.29 is 0 Å². The molecular formula is C13H24N4. The van der Waals surface area contributed by atoms with Crippen molar-refractivity contribution in [2.24, 2.45) is 0 Å². The maximum Gasteiger partial charge on any atom is 0.143 e. The van der Waals surface area contributed by atoms with Crippen molar-refractivity contribution in [1.29, 1.82) is 0 Å². The Bertz CT molecular complexity index is 328. The van der Waals surface area contributed by atoms with E-state index in [2.05, 4.69) is 33.5 Å². The van der Waals surface area contributed by atoms with E-state index < -0.39 is 0 Å². The molecule has 96 valence electrons. The molecule has 1 aliphatic heterocycles. The van der Waals surface area contributed by atoms with Gasteiger partial charge >= 0.3 is 0 Å². The van der Waals surface area contributed by atoms with Crippen molar-refractivity contribution in [2.75, 3.05) is 13.1 Å². The Balaban J connectivity index is 2.01. The van der Waals surface area contributed by atoms with Crippen LogP contribution in [0.15, 0.2) is 6.33 Å². The van der Waals surface area contributed by atoms with E-state index in [-0.39, 0.29) is 0 Å². The average molecular weight is 236 g/mol. The van der Waals surface area contributed by atoms with E-state index in [0.29, 0.717) is 6.04 Å². The molecule has 2 heterocycles. The lowest BCUT2D eigenvalue weighted by atomic mass is 10.1. The zero-order chi connectivity index (χ0) is 12.1. The zero-order valence-electron chi connectivity index (χ0n) is 11.1. The van der Waals surface area contributed by atoms with Crippen molar-refractivity contribution in [1.82, 2.24) is 19.7 Å². The summed E-state index contributed by atoms with van der Waals surface area (Å²) >= 11 is 0. The van der Waals surface area contributed by atoms with Crippen LogP contribution in [0.4, 0.5) is 0 Å². The smallest absolute Gasteiger partial charge is 0.143 e. The number of likely N-dealkylation sites (tertiary alicyclic amines) is 1. The average Bonchev–Trinajstić information content (AvgIpc) is 2.84. The molecule has 4 heteroatoms. The third-order valence-corrected chi connectivity index (χ3v) is 3.68. The molecule has 0 unspecified atom stereocenters. The molecule has 0 aromatic carbocycles.